The van der Waals surface area contributed by atoms with E-state index >= 15 is 0 Å². The van der Waals surface area contributed by atoms with Crippen molar-refractivity contribution in [2.45, 2.75) is 60.0 Å². The first-order valence-electron chi connectivity index (χ1n) is 6.84. The minimum atomic E-state index is 0.420. The molecule has 0 aromatic heterocycles. The predicted octanol–water partition coefficient (Wildman–Crippen LogP) is 3.46. The van der Waals surface area contributed by atoms with Gasteiger partial charge < -0.3 is 10.1 Å². The molecule has 0 aromatic rings. The maximum Gasteiger partial charge on any atom is 0.0549 e. The monoisotopic (exact) mass is 229 g/mol. The molecule has 98 valence electrons. The molecule has 0 rings (SSSR count). The standard InChI is InChI=1S/C14H31NO/c1-12(2)10-14(5)16-9-7-6-8-15-11-13(3)4/h12-15H,6-11H2,1-5H3. The van der Waals surface area contributed by atoms with Gasteiger partial charge in [-0.3, -0.25) is 0 Å². The highest BCUT2D eigenvalue weighted by atomic mass is 16.5. The van der Waals surface area contributed by atoms with E-state index in [1.54, 1.807) is 0 Å². The van der Waals surface area contributed by atoms with E-state index in [9.17, 15) is 0 Å². The van der Waals surface area contributed by atoms with Gasteiger partial charge >= 0.3 is 0 Å². The van der Waals surface area contributed by atoms with Crippen molar-refractivity contribution in [3.8, 4) is 0 Å². The van der Waals surface area contributed by atoms with E-state index in [1.165, 1.54) is 19.3 Å². The smallest absolute Gasteiger partial charge is 0.0549 e. The summed E-state index contributed by atoms with van der Waals surface area (Å²) >= 11 is 0. The minimum Gasteiger partial charge on any atom is -0.378 e. The second-order valence-corrected chi connectivity index (χ2v) is 5.62. The highest BCUT2D eigenvalue weighted by molar-refractivity contribution is 4.55. The molecule has 16 heavy (non-hydrogen) atoms. The van der Waals surface area contributed by atoms with Gasteiger partial charge in [0.15, 0.2) is 0 Å². The highest BCUT2D eigenvalue weighted by Gasteiger charge is 2.04. The van der Waals surface area contributed by atoms with E-state index in [1.807, 2.05) is 0 Å². The summed E-state index contributed by atoms with van der Waals surface area (Å²) in [4.78, 5) is 0. The number of ether oxygens (including phenoxy) is 1. The SMILES string of the molecule is CC(C)CNCCCCOC(C)CC(C)C. The maximum absolute atomic E-state index is 5.75. The van der Waals surface area contributed by atoms with Crippen LogP contribution in [0.4, 0.5) is 0 Å². The fourth-order valence-corrected chi connectivity index (χ4v) is 1.76. The third-order valence-corrected chi connectivity index (χ3v) is 2.51. The number of unbranched alkanes of at least 4 members (excludes halogenated alkanes) is 1. The summed E-state index contributed by atoms with van der Waals surface area (Å²) < 4.78 is 5.75. The zero-order valence-electron chi connectivity index (χ0n) is 11.9. The summed E-state index contributed by atoms with van der Waals surface area (Å²) in [5.41, 5.74) is 0. The van der Waals surface area contributed by atoms with Crippen LogP contribution < -0.4 is 5.32 Å². The number of hydrogen-bond acceptors (Lipinski definition) is 2. The van der Waals surface area contributed by atoms with E-state index in [0.29, 0.717) is 6.10 Å². The molecule has 2 heteroatoms. The van der Waals surface area contributed by atoms with Gasteiger partial charge in [0.1, 0.15) is 0 Å². The fourth-order valence-electron chi connectivity index (χ4n) is 1.76. The number of hydrogen-bond donors (Lipinski definition) is 1. The van der Waals surface area contributed by atoms with E-state index in [-0.39, 0.29) is 0 Å². The minimum absolute atomic E-state index is 0.420. The Morgan fingerprint density at radius 1 is 0.938 bits per heavy atom. The molecule has 0 spiro atoms. The van der Waals surface area contributed by atoms with Gasteiger partial charge in [-0.05, 0) is 51.1 Å². The molecule has 0 heterocycles. The van der Waals surface area contributed by atoms with Gasteiger partial charge in [0, 0.05) is 6.61 Å². The van der Waals surface area contributed by atoms with E-state index < -0.39 is 0 Å². The van der Waals surface area contributed by atoms with Gasteiger partial charge in [0.05, 0.1) is 6.10 Å². The molecule has 1 atom stereocenters. The molecule has 0 bridgehead atoms. The van der Waals surface area contributed by atoms with Gasteiger partial charge in [-0.15, -0.1) is 0 Å². The molecule has 0 saturated heterocycles. The molecule has 0 radical (unpaired) electrons. The van der Waals surface area contributed by atoms with Crippen LogP contribution in [0.25, 0.3) is 0 Å². The first kappa shape index (κ1) is 15.9. The fraction of sp³-hybridized carbons (Fsp3) is 1.00. The predicted molar refractivity (Wildman–Crippen MR) is 71.8 cm³/mol. The van der Waals surface area contributed by atoms with E-state index in [4.69, 9.17) is 4.74 Å². The average molecular weight is 229 g/mol. The zero-order valence-corrected chi connectivity index (χ0v) is 11.9. The van der Waals surface area contributed by atoms with Gasteiger partial charge in [0.2, 0.25) is 0 Å². The van der Waals surface area contributed by atoms with Gasteiger partial charge in [0.25, 0.3) is 0 Å². The molecular formula is C14H31NO. The average Bonchev–Trinajstić information content (AvgIpc) is 2.14. The van der Waals surface area contributed by atoms with Crippen LogP contribution in [0, 0.1) is 11.8 Å². The summed E-state index contributed by atoms with van der Waals surface area (Å²) in [7, 11) is 0. The Morgan fingerprint density at radius 2 is 1.62 bits per heavy atom. The molecule has 0 aliphatic carbocycles. The van der Waals surface area contributed by atoms with Gasteiger partial charge in [-0.2, -0.15) is 0 Å². The maximum atomic E-state index is 5.75. The Bertz CT molecular complexity index is 146. The first-order valence-corrected chi connectivity index (χ1v) is 6.84. The van der Waals surface area contributed by atoms with Crippen molar-refractivity contribution < 1.29 is 4.74 Å². The van der Waals surface area contributed by atoms with Crippen LogP contribution in [0.3, 0.4) is 0 Å². The number of rotatable bonds is 10. The summed E-state index contributed by atoms with van der Waals surface area (Å²) in [5.74, 6) is 1.49. The Morgan fingerprint density at radius 3 is 2.19 bits per heavy atom. The van der Waals surface area contributed by atoms with Crippen LogP contribution in [0.5, 0.6) is 0 Å². The third-order valence-electron chi connectivity index (χ3n) is 2.51. The van der Waals surface area contributed by atoms with E-state index in [2.05, 4.69) is 39.9 Å². The third kappa shape index (κ3) is 12.0. The number of nitrogens with one attached hydrogen (secondary N) is 1. The molecule has 1 N–H and O–H groups in total. The Labute approximate surface area is 102 Å². The quantitative estimate of drug-likeness (QED) is 0.579. The van der Waals surface area contributed by atoms with Crippen LogP contribution in [0.2, 0.25) is 0 Å². The molecule has 0 aromatic carbocycles. The van der Waals surface area contributed by atoms with Crippen molar-refractivity contribution in [3.05, 3.63) is 0 Å². The van der Waals surface area contributed by atoms with Crippen molar-refractivity contribution >= 4 is 0 Å². The van der Waals surface area contributed by atoms with Crippen LogP contribution in [0.1, 0.15) is 53.9 Å². The van der Waals surface area contributed by atoms with Gasteiger partial charge in [-0.25, -0.2) is 0 Å². The molecule has 0 saturated carbocycles. The molecule has 0 aliphatic rings. The van der Waals surface area contributed by atoms with Crippen molar-refractivity contribution in [1.29, 1.82) is 0 Å². The zero-order chi connectivity index (χ0) is 12.4. The Hall–Kier alpha value is -0.0800. The normalized spacial score (nSPS) is 13.7. The molecule has 0 amide bonds. The topological polar surface area (TPSA) is 21.3 Å². The lowest BCUT2D eigenvalue weighted by Gasteiger charge is -2.15. The molecule has 1 unspecified atom stereocenters. The van der Waals surface area contributed by atoms with Crippen LogP contribution in [-0.4, -0.2) is 25.8 Å². The summed E-state index contributed by atoms with van der Waals surface area (Å²) in [6.07, 6.45) is 3.99. The van der Waals surface area contributed by atoms with Crippen molar-refractivity contribution in [3.63, 3.8) is 0 Å². The van der Waals surface area contributed by atoms with Gasteiger partial charge in [-0.1, -0.05) is 27.7 Å². The summed E-state index contributed by atoms with van der Waals surface area (Å²) in [6, 6.07) is 0. The van der Waals surface area contributed by atoms with Crippen molar-refractivity contribution in [2.24, 2.45) is 11.8 Å². The van der Waals surface area contributed by atoms with Crippen molar-refractivity contribution in [1.82, 2.24) is 5.32 Å². The van der Waals surface area contributed by atoms with Crippen LogP contribution >= 0.6 is 0 Å². The lowest BCUT2D eigenvalue weighted by molar-refractivity contribution is 0.0497. The summed E-state index contributed by atoms with van der Waals surface area (Å²) in [6.45, 7) is 14.3. The molecule has 2 nitrogen and oxygen atoms in total. The first-order chi connectivity index (χ1) is 7.52. The molecule has 0 aliphatic heterocycles. The molecule has 0 fully saturated rings. The van der Waals surface area contributed by atoms with Crippen LogP contribution in [-0.2, 0) is 4.74 Å². The highest BCUT2D eigenvalue weighted by Crippen LogP contribution is 2.07. The largest absolute Gasteiger partial charge is 0.378 e. The lowest BCUT2D eigenvalue weighted by Crippen LogP contribution is -2.21. The summed E-state index contributed by atoms with van der Waals surface area (Å²) in [5, 5.41) is 3.45. The van der Waals surface area contributed by atoms with Crippen molar-refractivity contribution in [2.75, 3.05) is 19.7 Å². The Kier molecular flexibility index (Phi) is 10.0. The van der Waals surface area contributed by atoms with Crippen LogP contribution in [0.15, 0.2) is 0 Å². The molecular weight excluding hydrogens is 198 g/mol. The second kappa shape index (κ2) is 10.1. The lowest BCUT2D eigenvalue weighted by atomic mass is 10.1. The Balaban J connectivity index is 3.14. The second-order valence-electron chi connectivity index (χ2n) is 5.62. The van der Waals surface area contributed by atoms with E-state index in [0.717, 1.165) is 31.5 Å².